The van der Waals surface area contributed by atoms with Crippen LogP contribution in [-0.4, -0.2) is 21.2 Å². The standard InChI is InChI=1S/C16H12F3N3OS/c17-10-5-7-11(8-6-10)20-14(23)9-24-16-21-12-3-1-2-4-13(12)22(16)15(18)19/h1-8,15H,9H2,(H,20,23). The van der Waals surface area contributed by atoms with Gasteiger partial charge in [-0.15, -0.1) is 0 Å². The highest BCUT2D eigenvalue weighted by Gasteiger charge is 2.18. The van der Waals surface area contributed by atoms with Gasteiger partial charge in [0.2, 0.25) is 5.91 Å². The molecule has 0 radical (unpaired) electrons. The Morgan fingerprint density at radius 3 is 2.58 bits per heavy atom. The van der Waals surface area contributed by atoms with Gasteiger partial charge < -0.3 is 5.32 Å². The fraction of sp³-hybridized carbons (Fsp3) is 0.125. The van der Waals surface area contributed by atoms with Crippen molar-refractivity contribution in [3.8, 4) is 0 Å². The zero-order valence-electron chi connectivity index (χ0n) is 12.2. The van der Waals surface area contributed by atoms with E-state index < -0.39 is 12.4 Å². The Morgan fingerprint density at radius 2 is 1.88 bits per heavy atom. The average molecular weight is 351 g/mol. The summed E-state index contributed by atoms with van der Waals surface area (Å²) < 4.78 is 40.2. The molecule has 24 heavy (non-hydrogen) atoms. The molecule has 4 nitrogen and oxygen atoms in total. The molecule has 0 aliphatic rings. The third kappa shape index (κ3) is 3.53. The van der Waals surface area contributed by atoms with Crippen molar-refractivity contribution in [2.75, 3.05) is 11.1 Å². The molecule has 0 unspecified atom stereocenters. The summed E-state index contributed by atoms with van der Waals surface area (Å²) in [4.78, 5) is 16.1. The molecule has 0 fully saturated rings. The number of aromatic nitrogens is 2. The zero-order chi connectivity index (χ0) is 17.1. The van der Waals surface area contributed by atoms with Gasteiger partial charge in [-0.25, -0.2) is 9.37 Å². The molecule has 0 saturated carbocycles. The maximum Gasteiger partial charge on any atom is 0.321 e. The van der Waals surface area contributed by atoms with Gasteiger partial charge in [-0.05, 0) is 36.4 Å². The van der Waals surface area contributed by atoms with Crippen LogP contribution in [0.3, 0.4) is 0 Å². The number of hydrogen-bond donors (Lipinski definition) is 1. The molecule has 0 saturated heterocycles. The van der Waals surface area contributed by atoms with Crippen LogP contribution in [0.15, 0.2) is 53.7 Å². The lowest BCUT2D eigenvalue weighted by atomic mass is 10.3. The molecule has 1 aromatic heterocycles. The Bertz CT molecular complexity index is 865. The van der Waals surface area contributed by atoms with Crippen LogP contribution in [0.2, 0.25) is 0 Å². The van der Waals surface area contributed by atoms with Crippen LogP contribution >= 0.6 is 11.8 Å². The summed E-state index contributed by atoms with van der Waals surface area (Å²) >= 11 is 0.917. The fourth-order valence-corrected chi connectivity index (χ4v) is 2.99. The monoisotopic (exact) mass is 351 g/mol. The molecular formula is C16H12F3N3OS. The van der Waals surface area contributed by atoms with Gasteiger partial charge in [-0.2, -0.15) is 8.78 Å². The van der Waals surface area contributed by atoms with Crippen LogP contribution in [0.25, 0.3) is 11.0 Å². The number of para-hydroxylation sites is 2. The summed E-state index contributed by atoms with van der Waals surface area (Å²) in [6.07, 6.45) is 0. The van der Waals surface area contributed by atoms with E-state index in [4.69, 9.17) is 0 Å². The number of nitrogens with one attached hydrogen (secondary N) is 1. The van der Waals surface area contributed by atoms with Crippen molar-refractivity contribution in [3.05, 3.63) is 54.3 Å². The smallest absolute Gasteiger partial charge is 0.321 e. The first-order valence-electron chi connectivity index (χ1n) is 6.98. The second kappa shape index (κ2) is 6.96. The fourth-order valence-electron chi connectivity index (χ4n) is 2.17. The van der Waals surface area contributed by atoms with E-state index in [1.165, 1.54) is 24.3 Å². The zero-order valence-corrected chi connectivity index (χ0v) is 13.1. The van der Waals surface area contributed by atoms with E-state index in [0.717, 1.165) is 16.3 Å². The van der Waals surface area contributed by atoms with E-state index in [1.54, 1.807) is 24.3 Å². The van der Waals surface area contributed by atoms with Crippen LogP contribution in [0.1, 0.15) is 6.55 Å². The number of benzene rings is 2. The summed E-state index contributed by atoms with van der Waals surface area (Å²) in [7, 11) is 0. The van der Waals surface area contributed by atoms with E-state index in [0.29, 0.717) is 16.7 Å². The second-order valence-corrected chi connectivity index (χ2v) is 5.82. The van der Waals surface area contributed by atoms with Gasteiger partial charge in [0.15, 0.2) is 5.16 Å². The summed E-state index contributed by atoms with van der Waals surface area (Å²) in [5, 5.41) is 2.64. The molecule has 1 amide bonds. The van der Waals surface area contributed by atoms with Gasteiger partial charge in [0.25, 0.3) is 0 Å². The van der Waals surface area contributed by atoms with Gasteiger partial charge >= 0.3 is 6.55 Å². The minimum Gasteiger partial charge on any atom is -0.325 e. The number of thioether (sulfide) groups is 1. The number of nitrogens with zero attached hydrogens (tertiary/aromatic N) is 2. The Morgan fingerprint density at radius 1 is 1.17 bits per heavy atom. The lowest BCUT2D eigenvalue weighted by Crippen LogP contribution is -2.14. The van der Waals surface area contributed by atoms with E-state index in [1.807, 2.05) is 0 Å². The molecule has 2 aromatic carbocycles. The molecule has 0 atom stereocenters. The summed E-state index contributed by atoms with van der Waals surface area (Å²) in [6, 6.07) is 11.8. The first-order chi connectivity index (χ1) is 11.5. The summed E-state index contributed by atoms with van der Waals surface area (Å²) in [5.41, 5.74) is 1.19. The predicted octanol–water partition coefficient (Wildman–Crippen LogP) is 4.30. The Labute approximate surface area is 139 Å². The first-order valence-corrected chi connectivity index (χ1v) is 7.96. The predicted molar refractivity (Wildman–Crippen MR) is 86.7 cm³/mol. The molecule has 3 rings (SSSR count). The van der Waals surface area contributed by atoms with Crippen LogP contribution in [0.4, 0.5) is 18.9 Å². The number of halogens is 3. The third-order valence-electron chi connectivity index (χ3n) is 3.22. The van der Waals surface area contributed by atoms with Crippen molar-refractivity contribution in [1.29, 1.82) is 0 Å². The maximum atomic E-state index is 13.3. The highest BCUT2D eigenvalue weighted by molar-refractivity contribution is 7.99. The van der Waals surface area contributed by atoms with Crippen molar-refractivity contribution < 1.29 is 18.0 Å². The molecule has 0 bridgehead atoms. The second-order valence-electron chi connectivity index (χ2n) is 4.87. The number of amides is 1. The highest BCUT2D eigenvalue weighted by Crippen LogP contribution is 2.29. The number of imidazole rings is 1. The number of anilines is 1. The molecule has 1 N–H and O–H groups in total. The van der Waals surface area contributed by atoms with Gasteiger partial charge in [0.1, 0.15) is 5.82 Å². The highest BCUT2D eigenvalue weighted by atomic mass is 32.2. The molecular weight excluding hydrogens is 339 g/mol. The number of hydrogen-bond acceptors (Lipinski definition) is 3. The van der Waals surface area contributed by atoms with Crippen LogP contribution in [-0.2, 0) is 4.79 Å². The minimum absolute atomic E-state index is 0.0699. The quantitative estimate of drug-likeness (QED) is 0.697. The number of carbonyl (C=O) groups is 1. The third-order valence-corrected chi connectivity index (χ3v) is 4.17. The normalized spacial score (nSPS) is 11.2. The first kappa shape index (κ1) is 16.4. The van der Waals surface area contributed by atoms with Crippen molar-refractivity contribution in [2.24, 2.45) is 0 Å². The van der Waals surface area contributed by atoms with Gasteiger partial charge in [-0.1, -0.05) is 23.9 Å². The van der Waals surface area contributed by atoms with Crippen molar-refractivity contribution in [3.63, 3.8) is 0 Å². The largest absolute Gasteiger partial charge is 0.325 e. The summed E-state index contributed by atoms with van der Waals surface area (Å²) in [5.74, 6) is -0.888. The number of carbonyl (C=O) groups excluding carboxylic acids is 1. The van der Waals surface area contributed by atoms with Crippen molar-refractivity contribution >= 4 is 34.4 Å². The Balaban J connectivity index is 1.72. The number of alkyl halides is 2. The maximum absolute atomic E-state index is 13.3. The molecule has 1 heterocycles. The lowest BCUT2D eigenvalue weighted by molar-refractivity contribution is -0.113. The van der Waals surface area contributed by atoms with E-state index >= 15 is 0 Å². The number of rotatable bonds is 5. The Hall–Kier alpha value is -2.48. The van der Waals surface area contributed by atoms with Gasteiger partial charge in [0.05, 0.1) is 16.8 Å². The topological polar surface area (TPSA) is 46.9 Å². The Kier molecular flexibility index (Phi) is 4.75. The SMILES string of the molecule is O=C(CSc1nc2ccccc2n1C(F)F)Nc1ccc(F)cc1. The van der Waals surface area contributed by atoms with Crippen molar-refractivity contribution in [1.82, 2.24) is 9.55 Å². The average Bonchev–Trinajstić information content (AvgIpc) is 2.93. The van der Waals surface area contributed by atoms with Gasteiger partial charge in [-0.3, -0.25) is 9.36 Å². The molecule has 0 spiro atoms. The molecule has 8 heteroatoms. The van der Waals surface area contributed by atoms with Crippen LogP contribution in [0, 0.1) is 5.82 Å². The molecule has 3 aromatic rings. The minimum atomic E-state index is -2.75. The van der Waals surface area contributed by atoms with Crippen LogP contribution in [0.5, 0.6) is 0 Å². The molecule has 0 aliphatic heterocycles. The molecule has 0 aliphatic carbocycles. The lowest BCUT2D eigenvalue weighted by Gasteiger charge is -2.08. The van der Waals surface area contributed by atoms with Crippen molar-refractivity contribution in [2.45, 2.75) is 11.7 Å². The van der Waals surface area contributed by atoms with E-state index in [9.17, 15) is 18.0 Å². The summed E-state index contributed by atoms with van der Waals surface area (Å²) in [6.45, 7) is -2.75. The van der Waals surface area contributed by atoms with E-state index in [-0.39, 0.29) is 16.8 Å². The van der Waals surface area contributed by atoms with Crippen LogP contribution < -0.4 is 5.32 Å². The molecule has 124 valence electrons. The number of fused-ring (bicyclic) bond motifs is 1. The van der Waals surface area contributed by atoms with E-state index in [2.05, 4.69) is 10.3 Å². The van der Waals surface area contributed by atoms with Gasteiger partial charge in [0, 0.05) is 5.69 Å².